The topological polar surface area (TPSA) is 109 Å². The van der Waals surface area contributed by atoms with Crippen LogP contribution >= 0.6 is 0 Å². The summed E-state index contributed by atoms with van der Waals surface area (Å²) in [5, 5.41) is 11.0. The van der Waals surface area contributed by atoms with E-state index in [-0.39, 0.29) is 0 Å². The molecule has 2 aliphatic heterocycles. The second kappa shape index (κ2) is 14.4. The number of aromatic amines is 3. The van der Waals surface area contributed by atoms with Crippen LogP contribution in [0.4, 0.5) is 0 Å². The highest BCUT2D eigenvalue weighted by molar-refractivity contribution is 6.15. The molecule has 0 spiro atoms. The number of nitrogens with one attached hydrogen (secondary N) is 3. The average Bonchev–Trinajstić information content (AvgIpc) is 3.94. The van der Waals surface area contributed by atoms with Crippen LogP contribution in [0.2, 0.25) is 0 Å². The molecular formula is C45H51N7. The maximum atomic E-state index is 11.0. The molecule has 7 rings (SSSR count). The molecule has 0 radical (unpaired) electrons. The summed E-state index contributed by atoms with van der Waals surface area (Å²) >= 11 is 0. The number of allylic oxidation sites excluding steroid dienone is 2. The van der Waals surface area contributed by atoms with Gasteiger partial charge in [0.25, 0.3) is 0 Å². The molecule has 7 heterocycles. The van der Waals surface area contributed by atoms with E-state index in [1.807, 2.05) is 0 Å². The first-order valence-electron chi connectivity index (χ1n) is 19.5. The van der Waals surface area contributed by atoms with Crippen LogP contribution in [-0.4, -0.2) is 30.6 Å². The molecule has 0 saturated carbocycles. The molecule has 2 aliphatic rings. The lowest BCUT2D eigenvalue weighted by atomic mass is 9.91. The van der Waals surface area contributed by atoms with Gasteiger partial charge in [-0.25, -0.2) is 15.0 Å². The lowest BCUT2D eigenvalue weighted by Gasteiger charge is -2.12. The van der Waals surface area contributed by atoms with Crippen molar-refractivity contribution in [3.05, 3.63) is 109 Å². The molecule has 0 aromatic carbocycles. The Labute approximate surface area is 308 Å². The summed E-state index contributed by atoms with van der Waals surface area (Å²) in [6, 6.07) is 15.3. The van der Waals surface area contributed by atoms with Gasteiger partial charge in [0.2, 0.25) is 0 Å². The fourth-order valence-corrected chi connectivity index (χ4v) is 8.94. The van der Waals surface area contributed by atoms with Gasteiger partial charge in [0.15, 0.2) is 0 Å². The third-order valence-corrected chi connectivity index (χ3v) is 11.3. The Morgan fingerprint density at radius 3 is 1.44 bits per heavy atom. The number of rotatable bonds is 8. The Hall–Kier alpha value is -5.22. The van der Waals surface area contributed by atoms with Gasteiger partial charge >= 0.3 is 0 Å². The smallest absolute Gasteiger partial charge is 0.127 e. The first kappa shape index (κ1) is 35.2. The first-order chi connectivity index (χ1) is 25.4. The normalized spacial score (nSPS) is 16.1. The van der Waals surface area contributed by atoms with E-state index in [0.717, 1.165) is 120 Å². The zero-order valence-corrected chi connectivity index (χ0v) is 32.1. The Balaban J connectivity index is 1.59. The van der Waals surface area contributed by atoms with Crippen LogP contribution in [-0.2, 0) is 38.5 Å². The highest BCUT2D eigenvalue weighted by Gasteiger charge is 2.31. The highest BCUT2D eigenvalue weighted by atomic mass is 14.9. The number of pyridine rings is 2. The average molecular weight is 690 g/mol. The fourth-order valence-electron chi connectivity index (χ4n) is 8.94. The largest absolute Gasteiger partial charge is 0.355 e. The fraction of sp³-hybridized carbons (Fsp3) is 0.378. The van der Waals surface area contributed by atoms with Gasteiger partial charge in [-0.2, -0.15) is 5.26 Å². The summed E-state index contributed by atoms with van der Waals surface area (Å²) in [7, 11) is 0. The third-order valence-electron chi connectivity index (χ3n) is 11.3. The Kier molecular flexibility index (Phi) is 9.76. The van der Waals surface area contributed by atoms with Crippen LogP contribution < -0.4 is 0 Å². The SMILES string of the molecule is CCC1=C(CC)/C2=C/c3[nH]c(c(CC)c3CC)-c3cccc(n3)-c3[nH]c(c(CC)c3CC)C(C#N)c3[nH]c(c(CC)c3CC)-c3cccc(n3)C1=N2. The molecule has 7 nitrogen and oxygen atoms in total. The lowest BCUT2D eigenvalue weighted by molar-refractivity contribution is 0.887. The van der Waals surface area contributed by atoms with E-state index in [4.69, 9.17) is 15.0 Å². The van der Waals surface area contributed by atoms with Crippen LogP contribution in [0.25, 0.3) is 40.2 Å². The van der Waals surface area contributed by atoms with Crippen molar-refractivity contribution in [3.8, 4) is 40.2 Å². The first-order valence-corrected chi connectivity index (χ1v) is 19.5. The number of aromatic nitrogens is 5. The van der Waals surface area contributed by atoms with Gasteiger partial charge in [0, 0.05) is 17.1 Å². The number of fused-ring (bicyclic) bond motifs is 15. The predicted molar refractivity (Wildman–Crippen MR) is 214 cm³/mol. The van der Waals surface area contributed by atoms with Crippen molar-refractivity contribution in [1.29, 1.82) is 5.26 Å². The zero-order valence-electron chi connectivity index (χ0n) is 32.1. The molecule has 0 amide bonds. The minimum Gasteiger partial charge on any atom is -0.355 e. The number of nitriles is 1. The molecular weight excluding hydrogens is 639 g/mol. The second-order valence-corrected chi connectivity index (χ2v) is 13.8. The zero-order chi connectivity index (χ0) is 36.7. The lowest BCUT2D eigenvalue weighted by Crippen LogP contribution is -2.06. The van der Waals surface area contributed by atoms with Gasteiger partial charge in [-0.15, -0.1) is 0 Å². The summed E-state index contributed by atoms with van der Waals surface area (Å²) in [5.41, 5.74) is 21.6. The summed E-state index contributed by atoms with van der Waals surface area (Å²) in [5.74, 6) is -0.502. The van der Waals surface area contributed by atoms with Gasteiger partial charge in [-0.05, 0) is 126 Å². The molecule has 0 saturated heterocycles. The van der Waals surface area contributed by atoms with E-state index in [1.165, 1.54) is 44.5 Å². The van der Waals surface area contributed by atoms with E-state index in [1.54, 1.807) is 0 Å². The number of nitrogens with zero attached hydrogens (tertiary/aromatic N) is 4. The molecule has 3 N–H and O–H groups in total. The second-order valence-electron chi connectivity index (χ2n) is 13.8. The van der Waals surface area contributed by atoms with Crippen LogP contribution in [0.3, 0.4) is 0 Å². The quantitative estimate of drug-likeness (QED) is 0.151. The molecule has 7 heteroatoms. The van der Waals surface area contributed by atoms with Crippen molar-refractivity contribution in [2.75, 3.05) is 0 Å². The van der Waals surface area contributed by atoms with E-state index in [9.17, 15) is 5.26 Å². The van der Waals surface area contributed by atoms with Crippen LogP contribution in [0.1, 0.15) is 130 Å². The third kappa shape index (κ3) is 5.51. The van der Waals surface area contributed by atoms with Crippen LogP contribution in [0.15, 0.2) is 58.2 Å². The Morgan fingerprint density at radius 1 is 0.538 bits per heavy atom. The van der Waals surface area contributed by atoms with Crippen molar-refractivity contribution in [1.82, 2.24) is 24.9 Å². The van der Waals surface area contributed by atoms with Crippen molar-refractivity contribution < 1.29 is 0 Å². The molecule has 0 aliphatic carbocycles. The minimum absolute atomic E-state index is 0.502. The van der Waals surface area contributed by atoms with Crippen molar-refractivity contribution >= 4 is 11.8 Å². The van der Waals surface area contributed by atoms with E-state index < -0.39 is 5.92 Å². The maximum Gasteiger partial charge on any atom is 0.127 e. The molecule has 5 aromatic rings. The molecule has 12 bridgehead atoms. The Bertz CT molecular complexity index is 2310. The standard InChI is InChI=1S/C45H51N7/c1-9-25-27(11-3)42-34-19-17-21-36(47-34)44-31(15-7)29(13-5)40(51-44)33(24-46)41-30(14-6)32(16-8)45(52-41)37-22-18-20-35(48-37)43-28(12-4)26(10-2)39(50-43)23-38(25)49-42/h17-23,33,49,51-52H,9-16H2,1-8H3/b39-23-. The van der Waals surface area contributed by atoms with Gasteiger partial charge in [0.05, 0.1) is 57.3 Å². The van der Waals surface area contributed by atoms with Gasteiger partial charge in [-0.1, -0.05) is 67.5 Å². The number of hydrogen-bond donors (Lipinski definition) is 3. The van der Waals surface area contributed by atoms with Crippen molar-refractivity contribution in [2.45, 2.75) is 113 Å². The summed E-state index contributed by atoms with van der Waals surface area (Å²) < 4.78 is 0. The predicted octanol–water partition coefficient (Wildman–Crippen LogP) is 10.8. The van der Waals surface area contributed by atoms with Gasteiger partial charge < -0.3 is 15.0 Å². The maximum absolute atomic E-state index is 11.0. The molecule has 5 aromatic heterocycles. The molecule has 0 fully saturated rings. The summed E-state index contributed by atoms with van der Waals surface area (Å²) in [6.45, 7) is 17.7. The van der Waals surface area contributed by atoms with Gasteiger partial charge in [-0.3, -0.25) is 0 Å². The monoisotopic (exact) mass is 689 g/mol. The molecule has 266 valence electrons. The molecule has 52 heavy (non-hydrogen) atoms. The highest BCUT2D eigenvalue weighted by Crippen LogP contribution is 2.41. The van der Waals surface area contributed by atoms with Crippen LogP contribution in [0.5, 0.6) is 0 Å². The van der Waals surface area contributed by atoms with E-state index >= 15 is 0 Å². The summed E-state index contributed by atoms with van der Waals surface area (Å²) in [6.07, 6.45) is 9.10. The van der Waals surface area contributed by atoms with Gasteiger partial charge in [0.1, 0.15) is 5.92 Å². The number of hydrogen-bond acceptors (Lipinski definition) is 4. The van der Waals surface area contributed by atoms with Crippen molar-refractivity contribution in [3.63, 3.8) is 0 Å². The van der Waals surface area contributed by atoms with E-state index in [0.29, 0.717) is 0 Å². The number of H-pyrrole nitrogens is 3. The molecule has 1 unspecified atom stereocenters. The van der Waals surface area contributed by atoms with Crippen LogP contribution in [0, 0.1) is 11.3 Å². The van der Waals surface area contributed by atoms with Crippen molar-refractivity contribution in [2.24, 2.45) is 4.99 Å². The minimum atomic E-state index is -0.502. The molecule has 1 atom stereocenters. The van der Waals surface area contributed by atoms with E-state index in [2.05, 4.69) is 119 Å². The number of aliphatic imine (C=N–C) groups is 1. The Morgan fingerprint density at radius 2 is 0.981 bits per heavy atom. The summed E-state index contributed by atoms with van der Waals surface area (Å²) in [4.78, 5) is 27.5.